The van der Waals surface area contributed by atoms with Crippen LogP contribution in [0.5, 0.6) is 0 Å². The lowest BCUT2D eigenvalue weighted by Crippen LogP contribution is -2.60. The molecule has 280 valence electrons. The molecule has 1 unspecified atom stereocenters. The van der Waals surface area contributed by atoms with Gasteiger partial charge in [-0.1, -0.05) is 67.6 Å². The molecule has 3 N–H and O–H groups in total. The van der Waals surface area contributed by atoms with Crippen LogP contribution in [-0.4, -0.2) is 119 Å². The molecule has 3 heterocycles. The van der Waals surface area contributed by atoms with E-state index in [1.54, 1.807) is 42.5 Å². The average Bonchev–Trinajstić information content (AvgIpc) is 3.78. The van der Waals surface area contributed by atoms with Crippen LogP contribution in [0.3, 0.4) is 0 Å². The third-order valence-corrected chi connectivity index (χ3v) is 9.62. The summed E-state index contributed by atoms with van der Waals surface area (Å²) >= 11 is 0. The number of esters is 1. The summed E-state index contributed by atoms with van der Waals surface area (Å²) in [6.07, 6.45) is 11.0. The Morgan fingerprint density at radius 3 is 2.37 bits per heavy atom. The Bertz CT molecular complexity index is 1590. The summed E-state index contributed by atoms with van der Waals surface area (Å²) < 4.78 is 5.68. The van der Waals surface area contributed by atoms with Crippen LogP contribution in [0.1, 0.15) is 52.5 Å². The first-order valence-corrected chi connectivity index (χ1v) is 17.8. The van der Waals surface area contributed by atoms with Crippen molar-refractivity contribution in [2.45, 2.75) is 89.6 Å². The molecular formula is C38H50N6O8. The molecule has 14 nitrogen and oxygen atoms in total. The molecule has 3 aliphatic heterocycles. The Labute approximate surface area is 304 Å². The third-order valence-electron chi connectivity index (χ3n) is 9.62. The molecule has 4 rings (SSSR count). The van der Waals surface area contributed by atoms with Gasteiger partial charge in [0.25, 0.3) is 0 Å². The first-order chi connectivity index (χ1) is 24.8. The molecule has 3 aliphatic rings. The lowest BCUT2D eigenvalue weighted by molar-refractivity contribution is -0.158. The second-order valence-corrected chi connectivity index (χ2v) is 13.6. The minimum atomic E-state index is -1.43. The monoisotopic (exact) mass is 718 g/mol. The number of allylic oxidation sites excluding steroid dienone is 5. The van der Waals surface area contributed by atoms with Crippen molar-refractivity contribution < 1.29 is 38.3 Å². The number of cyclic esters (lactones) is 1. The fourth-order valence-corrected chi connectivity index (χ4v) is 6.62. The van der Waals surface area contributed by atoms with Crippen LogP contribution in [0.15, 0.2) is 66.8 Å². The maximum atomic E-state index is 14.3. The molecule has 14 heteroatoms. The van der Waals surface area contributed by atoms with Gasteiger partial charge in [-0.3, -0.25) is 28.8 Å². The van der Waals surface area contributed by atoms with Gasteiger partial charge in [0, 0.05) is 32.6 Å². The van der Waals surface area contributed by atoms with E-state index in [2.05, 4.69) is 16.0 Å². The number of carbonyl (C=O) groups is 7. The van der Waals surface area contributed by atoms with Gasteiger partial charge in [-0.25, -0.2) is 4.79 Å². The molecule has 1 aromatic carbocycles. The van der Waals surface area contributed by atoms with Crippen LogP contribution in [0, 0.1) is 5.92 Å². The zero-order valence-electron chi connectivity index (χ0n) is 30.4. The van der Waals surface area contributed by atoms with E-state index < -0.39 is 84.3 Å². The quantitative estimate of drug-likeness (QED) is 0.203. The van der Waals surface area contributed by atoms with Gasteiger partial charge in [-0.05, 0) is 51.5 Å². The number of hydrogen-bond acceptors (Lipinski definition) is 8. The van der Waals surface area contributed by atoms with Crippen molar-refractivity contribution in [2.24, 2.45) is 5.92 Å². The molecule has 0 saturated carbocycles. The minimum absolute atomic E-state index is 0.0494. The molecule has 7 atom stereocenters. The number of hydrogen-bond donors (Lipinski definition) is 3. The normalized spacial score (nSPS) is 27.2. The predicted octanol–water partition coefficient (Wildman–Crippen LogP) is 1.02. The Balaban J connectivity index is 1.66. The van der Waals surface area contributed by atoms with E-state index >= 15 is 0 Å². The summed E-state index contributed by atoms with van der Waals surface area (Å²) in [5.41, 5.74) is 0.747. The molecule has 6 amide bonds. The number of ether oxygens (including phenoxy) is 1. The van der Waals surface area contributed by atoms with Gasteiger partial charge in [-0.2, -0.15) is 0 Å². The Morgan fingerprint density at radius 1 is 0.942 bits per heavy atom. The Hall–Kier alpha value is -5.27. The van der Waals surface area contributed by atoms with E-state index in [-0.39, 0.29) is 25.4 Å². The van der Waals surface area contributed by atoms with Crippen molar-refractivity contribution in [1.82, 2.24) is 30.7 Å². The van der Waals surface area contributed by atoms with Crippen LogP contribution in [0.25, 0.3) is 0 Å². The van der Waals surface area contributed by atoms with E-state index in [0.29, 0.717) is 19.3 Å². The summed E-state index contributed by atoms with van der Waals surface area (Å²) in [5.74, 6) is -4.25. The largest absolute Gasteiger partial charge is 0.461 e. The Morgan fingerprint density at radius 2 is 1.65 bits per heavy atom. The highest BCUT2D eigenvalue weighted by molar-refractivity contribution is 5.98. The van der Waals surface area contributed by atoms with Crippen molar-refractivity contribution in [2.75, 3.05) is 26.7 Å². The number of nitrogens with one attached hydrogen (secondary N) is 3. The van der Waals surface area contributed by atoms with Gasteiger partial charge >= 0.3 is 5.97 Å². The predicted molar refractivity (Wildman–Crippen MR) is 192 cm³/mol. The topological polar surface area (TPSA) is 175 Å². The Kier molecular flexibility index (Phi) is 13.9. The zero-order valence-corrected chi connectivity index (χ0v) is 30.4. The van der Waals surface area contributed by atoms with E-state index in [1.165, 1.54) is 47.7 Å². The molecule has 0 aliphatic carbocycles. The highest BCUT2D eigenvalue weighted by atomic mass is 16.5. The summed E-state index contributed by atoms with van der Waals surface area (Å²) in [5, 5.41) is 8.08. The van der Waals surface area contributed by atoms with Gasteiger partial charge in [0.2, 0.25) is 35.4 Å². The molecule has 0 bridgehead atoms. The SMILES string of the molecule is C/C=C/C=C/C=C/C(=O)N[C@@H](Cc1ccccc1)C(=O)N[C@H]1COC(=O)[C@H]2CC(C)CN2C(=O)[C@H](C)NC(=O)[C@H](C)N(C)C(=O)[C@H]2CCCN2C1=O. The number of fused-ring (bicyclic) bond motifs is 2. The van der Waals surface area contributed by atoms with E-state index in [0.717, 1.165) is 5.56 Å². The molecule has 3 saturated heterocycles. The standard InChI is InChI=1S/C38H50N6O8/c1-6-7-8-9-13-18-32(45)40-28(21-27-15-11-10-12-16-27)34(47)41-29-23-52-38(51)31-20-24(2)22-44(31)35(48)25(3)39-33(46)26(4)42(5)37(50)30-17-14-19-43(30)36(29)49/h6-13,15-16,18,24-26,28-31H,14,17,19-23H2,1-5H3,(H,39,46)(H,40,45)(H,41,47)/b7-6+,9-8+,18-13+/t24?,25-,26-,28-,29-,30+,31+/m0/s1. The van der Waals surface area contributed by atoms with Crippen molar-refractivity contribution in [3.63, 3.8) is 0 Å². The van der Waals surface area contributed by atoms with Crippen molar-refractivity contribution in [3.05, 3.63) is 72.4 Å². The van der Waals surface area contributed by atoms with Crippen LogP contribution in [0.4, 0.5) is 0 Å². The summed E-state index contributed by atoms with van der Waals surface area (Å²) in [6.45, 7) is 6.67. The number of benzene rings is 1. The van der Waals surface area contributed by atoms with Gasteiger partial charge in [0.1, 0.15) is 42.9 Å². The van der Waals surface area contributed by atoms with E-state index in [1.807, 2.05) is 26.0 Å². The van der Waals surface area contributed by atoms with Crippen molar-refractivity contribution in [1.29, 1.82) is 0 Å². The summed E-state index contributed by atoms with van der Waals surface area (Å²) in [7, 11) is 1.46. The number of carbonyl (C=O) groups excluding carboxylic acids is 7. The number of likely N-dealkylation sites (N-methyl/N-ethyl adjacent to an activating group) is 1. The van der Waals surface area contributed by atoms with Gasteiger partial charge in [-0.15, -0.1) is 0 Å². The maximum absolute atomic E-state index is 14.3. The van der Waals surface area contributed by atoms with E-state index in [9.17, 15) is 33.6 Å². The highest BCUT2D eigenvalue weighted by Gasteiger charge is 2.44. The number of amides is 6. The van der Waals surface area contributed by atoms with Crippen molar-refractivity contribution >= 4 is 41.4 Å². The minimum Gasteiger partial charge on any atom is -0.461 e. The van der Waals surface area contributed by atoms with E-state index in [4.69, 9.17) is 4.74 Å². The molecule has 3 fully saturated rings. The second kappa shape index (κ2) is 18.3. The lowest BCUT2D eigenvalue weighted by atomic mass is 10.0. The van der Waals surface area contributed by atoms with Crippen LogP contribution in [0.2, 0.25) is 0 Å². The zero-order chi connectivity index (χ0) is 37.9. The van der Waals surface area contributed by atoms with Gasteiger partial charge in [0.15, 0.2) is 0 Å². The van der Waals surface area contributed by atoms with Gasteiger partial charge < -0.3 is 35.4 Å². The van der Waals surface area contributed by atoms with Crippen molar-refractivity contribution in [3.8, 4) is 0 Å². The van der Waals surface area contributed by atoms with Crippen LogP contribution in [-0.2, 0) is 44.7 Å². The first kappa shape index (κ1) is 39.5. The van der Waals surface area contributed by atoms with Gasteiger partial charge in [0.05, 0.1) is 0 Å². The molecule has 1 aromatic rings. The summed E-state index contributed by atoms with van der Waals surface area (Å²) in [6, 6.07) is 2.59. The van der Waals surface area contributed by atoms with Crippen LogP contribution < -0.4 is 16.0 Å². The fraction of sp³-hybridized carbons (Fsp3) is 0.500. The third kappa shape index (κ3) is 9.95. The molecule has 0 spiro atoms. The second-order valence-electron chi connectivity index (χ2n) is 13.6. The highest BCUT2D eigenvalue weighted by Crippen LogP contribution is 2.26. The maximum Gasteiger partial charge on any atom is 0.328 e. The fourth-order valence-electron chi connectivity index (χ4n) is 6.62. The molecule has 52 heavy (non-hydrogen) atoms. The first-order valence-electron chi connectivity index (χ1n) is 17.8. The number of nitrogens with zero attached hydrogens (tertiary/aromatic N) is 3. The van der Waals surface area contributed by atoms with Crippen LogP contribution >= 0.6 is 0 Å². The number of rotatable bonds is 8. The average molecular weight is 719 g/mol. The molecule has 0 aromatic heterocycles. The smallest absolute Gasteiger partial charge is 0.328 e. The lowest BCUT2D eigenvalue weighted by Gasteiger charge is -2.34. The summed E-state index contributed by atoms with van der Waals surface area (Å²) in [4.78, 5) is 99.2. The molecule has 0 radical (unpaired) electrons. The molecular weight excluding hydrogens is 668 g/mol.